The smallest absolute Gasteiger partial charge is 0.338 e. The average molecular weight is 205 g/mol. The maximum atomic E-state index is 11.4. The van der Waals surface area contributed by atoms with Crippen molar-refractivity contribution in [3.8, 4) is 0 Å². The number of benzene rings is 1. The van der Waals surface area contributed by atoms with Crippen LogP contribution in [0.2, 0.25) is 0 Å². The minimum atomic E-state index is -0.321. The molecule has 0 saturated carbocycles. The van der Waals surface area contributed by atoms with Crippen LogP contribution in [0.4, 0.5) is 5.69 Å². The number of hydrogen-bond donors (Lipinski definition) is 1. The Morgan fingerprint density at radius 2 is 2.13 bits per heavy atom. The molecule has 0 aromatic heterocycles. The van der Waals surface area contributed by atoms with Crippen molar-refractivity contribution >= 4 is 11.7 Å². The van der Waals surface area contributed by atoms with E-state index in [1.54, 1.807) is 18.2 Å². The molecule has 0 radical (unpaired) electrons. The van der Waals surface area contributed by atoms with E-state index in [-0.39, 0.29) is 12.6 Å². The summed E-state index contributed by atoms with van der Waals surface area (Å²) in [6.07, 6.45) is 1.55. The average Bonchev–Trinajstić information content (AvgIpc) is 2.27. The number of anilines is 1. The summed E-state index contributed by atoms with van der Waals surface area (Å²) < 4.78 is 4.90. The number of rotatable bonds is 5. The van der Waals surface area contributed by atoms with E-state index in [2.05, 4.69) is 11.9 Å². The third kappa shape index (κ3) is 3.46. The van der Waals surface area contributed by atoms with Crippen molar-refractivity contribution in [1.82, 2.24) is 0 Å². The molecule has 15 heavy (non-hydrogen) atoms. The van der Waals surface area contributed by atoms with Crippen LogP contribution in [0.15, 0.2) is 36.9 Å². The number of carbonyl (C=O) groups excluding carboxylic acids is 1. The number of esters is 1. The Balaban J connectivity index is 2.62. The highest BCUT2D eigenvalue weighted by Crippen LogP contribution is 2.10. The zero-order valence-electron chi connectivity index (χ0n) is 8.82. The first-order valence-electron chi connectivity index (χ1n) is 4.90. The van der Waals surface area contributed by atoms with Gasteiger partial charge < -0.3 is 10.1 Å². The van der Waals surface area contributed by atoms with Crippen LogP contribution in [-0.2, 0) is 4.74 Å². The van der Waals surface area contributed by atoms with E-state index in [4.69, 9.17) is 4.74 Å². The van der Waals surface area contributed by atoms with Gasteiger partial charge in [0.1, 0.15) is 6.61 Å². The van der Waals surface area contributed by atoms with Crippen molar-refractivity contribution in [1.29, 1.82) is 0 Å². The largest absolute Gasteiger partial charge is 0.458 e. The molecule has 0 spiro atoms. The maximum absolute atomic E-state index is 11.4. The summed E-state index contributed by atoms with van der Waals surface area (Å²) in [5, 5.41) is 3.15. The lowest BCUT2D eigenvalue weighted by Crippen LogP contribution is -2.05. The lowest BCUT2D eigenvalue weighted by molar-refractivity contribution is 0.0550. The highest BCUT2D eigenvalue weighted by Gasteiger charge is 2.04. The molecule has 0 aliphatic heterocycles. The van der Waals surface area contributed by atoms with E-state index < -0.39 is 0 Å². The van der Waals surface area contributed by atoms with Crippen molar-refractivity contribution in [3.63, 3.8) is 0 Å². The second-order valence-electron chi connectivity index (χ2n) is 2.99. The third-order valence-electron chi connectivity index (χ3n) is 1.83. The first kappa shape index (κ1) is 11.3. The van der Waals surface area contributed by atoms with Crippen LogP contribution in [0.1, 0.15) is 17.3 Å². The number of ether oxygens (including phenoxy) is 1. The van der Waals surface area contributed by atoms with Gasteiger partial charge in [0.05, 0.1) is 5.56 Å². The second kappa shape index (κ2) is 5.86. The van der Waals surface area contributed by atoms with E-state index in [9.17, 15) is 4.79 Å². The van der Waals surface area contributed by atoms with Crippen LogP contribution in [0.3, 0.4) is 0 Å². The Morgan fingerprint density at radius 1 is 1.47 bits per heavy atom. The van der Waals surface area contributed by atoms with Crippen molar-refractivity contribution in [3.05, 3.63) is 42.5 Å². The SMILES string of the molecule is C=CCOC(=O)c1ccc(NCC)cc1. The fourth-order valence-corrected chi connectivity index (χ4v) is 1.15. The van der Waals surface area contributed by atoms with Crippen LogP contribution in [0.25, 0.3) is 0 Å². The van der Waals surface area contributed by atoms with E-state index in [1.165, 1.54) is 0 Å². The zero-order chi connectivity index (χ0) is 11.1. The maximum Gasteiger partial charge on any atom is 0.338 e. The third-order valence-corrected chi connectivity index (χ3v) is 1.83. The number of nitrogens with one attached hydrogen (secondary N) is 1. The molecule has 0 heterocycles. The standard InChI is InChI=1S/C12H15NO2/c1-3-9-15-12(14)10-5-7-11(8-6-10)13-4-2/h3,5-8,13H,1,4,9H2,2H3. The molecule has 3 nitrogen and oxygen atoms in total. The predicted octanol–water partition coefficient (Wildman–Crippen LogP) is 2.46. The molecule has 0 amide bonds. The summed E-state index contributed by atoms with van der Waals surface area (Å²) in [6, 6.07) is 7.19. The molecule has 3 heteroatoms. The summed E-state index contributed by atoms with van der Waals surface area (Å²) in [5.74, 6) is -0.321. The Morgan fingerprint density at radius 3 is 2.67 bits per heavy atom. The summed E-state index contributed by atoms with van der Waals surface area (Å²) >= 11 is 0. The number of carbonyl (C=O) groups is 1. The van der Waals surface area contributed by atoms with Gasteiger partial charge in [-0.3, -0.25) is 0 Å². The van der Waals surface area contributed by atoms with E-state index >= 15 is 0 Å². The van der Waals surface area contributed by atoms with E-state index in [0.717, 1.165) is 12.2 Å². The molecule has 0 bridgehead atoms. The first-order valence-corrected chi connectivity index (χ1v) is 4.90. The van der Waals surface area contributed by atoms with Gasteiger partial charge in [-0.1, -0.05) is 12.7 Å². The van der Waals surface area contributed by atoms with Gasteiger partial charge in [-0.15, -0.1) is 0 Å². The fraction of sp³-hybridized carbons (Fsp3) is 0.250. The van der Waals surface area contributed by atoms with Crippen molar-refractivity contribution in [2.75, 3.05) is 18.5 Å². The summed E-state index contributed by atoms with van der Waals surface area (Å²) in [5.41, 5.74) is 1.55. The molecule has 80 valence electrons. The van der Waals surface area contributed by atoms with Crippen LogP contribution < -0.4 is 5.32 Å². The van der Waals surface area contributed by atoms with E-state index in [1.807, 2.05) is 19.1 Å². The van der Waals surface area contributed by atoms with Crippen molar-refractivity contribution < 1.29 is 9.53 Å². The summed E-state index contributed by atoms with van der Waals surface area (Å²) in [4.78, 5) is 11.4. The molecule has 0 aliphatic carbocycles. The minimum Gasteiger partial charge on any atom is -0.458 e. The van der Waals surface area contributed by atoms with Crippen molar-refractivity contribution in [2.24, 2.45) is 0 Å². The molecule has 1 rings (SSSR count). The van der Waals surface area contributed by atoms with Gasteiger partial charge in [0, 0.05) is 12.2 Å². The highest BCUT2D eigenvalue weighted by atomic mass is 16.5. The molecule has 0 aliphatic rings. The van der Waals surface area contributed by atoms with Gasteiger partial charge in [0.2, 0.25) is 0 Å². The summed E-state index contributed by atoms with van der Waals surface area (Å²) in [6.45, 7) is 6.60. The van der Waals surface area contributed by atoms with Crippen molar-refractivity contribution in [2.45, 2.75) is 6.92 Å². The molecule has 1 N–H and O–H groups in total. The van der Waals surface area contributed by atoms with Gasteiger partial charge in [-0.2, -0.15) is 0 Å². The lowest BCUT2D eigenvalue weighted by atomic mass is 10.2. The predicted molar refractivity (Wildman–Crippen MR) is 61.1 cm³/mol. The monoisotopic (exact) mass is 205 g/mol. The molecule has 0 fully saturated rings. The van der Waals surface area contributed by atoms with Crippen LogP contribution in [-0.4, -0.2) is 19.1 Å². The molecule has 0 unspecified atom stereocenters. The number of hydrogen-bond acceptors (Lipinski definition) is 3. The van der Waals surface area contributed by atoms with Crippen LogP contribution in [0.5, 0.6) is 0 Å². The van der Waals surface area contributed by atoms with Gasteiger partial charge in [0.25, 0.3) is 0 Å². The molecular weight excluding hydrogens is 190 g/mol. The van der Waals surface area contributed by atoms with Gasteiger partial charge >= 0.3 is 5.97 Å². The van der Waals surface area contributed by atoms with Gasteiger partial charge in [-0.25, -0.2) is 4.79 Å². The molecule has 1 aromatic rings. The van der Waals surface area contributed by atoms with Crippen LogP contribution >= 0.6 is 0 Å². The highest BCUT2D eigenvalue weighted by molar-refractivity contribution is 5.89. The Hall–Kier alpha value is -1.77. The quantitative estimate of drug-likeness (QED) is 0.592. The second-order valence-corrected chi connectivity index (χ2v) is 2.99. The lowest BCUT2D eigenvalue weighted by Gasteiger charge is -2.04. The minimum absolute atomic E-state index is 0.244. The molecule has 1 aromatic carbocycles. The summed E-state index contributed by atoms with van der Waals surface area (Å²) in [7, 11) is 0. The van der Waals surface area contributed by atoms with E-state index in [0.29, 0.717) is 5.56 Å². The Labute approximate surface area is 89.8 Å². The Kier molecular flexibility index (Phi) is 4.41. The van der Waals surface area contributed by atoms with Gasteiger partial charge in [-0.05, 0) is 31.2 Å². The first-order chi connectivity index (χ1) is 7.27. The van der Waals surface area contributed by atoms with Gasteiger partial charge in [0.15, 0.2) is 0 Å². The zero-order valence-corrected chi connectivity index (χ0v) is 8.82. The topological polar surface area (TPSA) is 38.3 Å². The molecule has 0 saturated heterocycles. The fourth-order valence-electron chi connectivity index (χ4n) is 1.15. The van der Waals surface area contributed by atoms with Crippen LogP contribution in [0, 0.1) is 0 Å². The molecular formula is C12H15NO2. The Bertz CT molecular complexity index is 330. The molecule has 0 atom stereocenters. The normalized spacial score (nSPS) is 9.40.